The maximum Gasteiger partial charge on any atom is 0.0447 e. The highest BCUT2D eigenvalue weighted by Gasteiger charge is 1.92. The molecule has 0 spiro atoms. The first-order chi connectivity index (χ1) is 5.81. The Morgan fingerprint density at radius 1 is 1.58 bits per heavy atom. The Kier molecular flexibility index (Phi) is 8.17. The zero-order valence-electron chi connectivity index (χ0n) is 7.79. The number of nitrogens with one attached hydrogen (secondary N) is 1. The van der Waals surface area contributed by atoms with Gasteiger partial charge in [0.25, 0.3) is 0 Å². The second-order valence-electron chi connectivity index (χ2n) is 2.84. The largest absolute Gasteiger partial charge is 0.396 e. The van der Waals surface area contributed by atoms with Gasteiger partial charge < -0.3 is 16.2 Å². The zero-order valence-corrected chi connectivity index (χ0v) is 7.79. The number of hydrogen-bond acceptors (Lipinski definition) is 3. The van der Waals surface area contributed by atoms with Gasteiger partial charge in [0, 0.05) is 19.2 Å². The summed E-state index contributed by atoms with van der Waals surface area (Å²) in [6.07, 6.45) is 6.75. The molecule has 3 heteroatoms. The van der Waals surface area contributed by atoms with Crippen molar-refractivity contribution < 1.29 is 5.11 Å². The number of aliphatic hydroxyl groups excluding tert-OH is 1. The number of hydrogen-bond donors (Lipinski definition) is 3. The molecule has 0 aliphatic carbocycles. The van der Waals surface area contributed by atoms with Gasteiger partial charge in [0.05, 0.1) is 0 Å². The molecule has 0 fully saturated rings. The van der Waals surface area contributed by atoms with Gasteiger partial charge in [-0.1, -0.05) is 19.4 Å². The molecule has 0 bridgehead atoms. The van der Waals surface area contributed by atoms with E-state index in [1.165, 1.54) is 0 Å². The second-order valence-corrected chi connectivity index (χ2v) is 2.84. The summed E-state index contributed by atoms with van der Waals surface area (Å²) in [4.78, 5) is 0. The molecule has 72 valence electrons. The molecule has 0 aromatic rings. The summed E-state index contributed by atoms with van der Waals surface area (Å²) in [5.41, 5.74) is 5.72. The monoisotopic (exact) mass is 172 g/mol. The SMILES string of the molecule is CCCC(N)/C=C\NCCCO. The molecule has 12 heavy (non-hydrogen) atoms. The fraction of sp³-hybridized carbons (Fsp3) is 0.778. The van der Waals surface area contributed by atoms with Crippen molar-refractivity contribution >= 4 is 0 Å². The quantitative estimate of drug-likeness (QED) is 0.493. The molecule has 3 nitrogen and oxygen atoms in total. The molecule has 0 rings (SSSR count). The molecule has 0 saturated carbocycles. The molecule has 0 radical (unpaired) electrons. The van der Waals surface area contributed by atoms with E-state index in [1.54, 1.807) is 0 Å². The first kappa shape index (κ1) is 11.5. The van der Waals surface area contributed by atoms with Crippen LogP contribution in [0, 0.1) is 0 Å². The third kappa shape index (κ3) is 7.57. The van der Waals surface area contributed by atoms with Gasteiger partial charge >= 0.3 is 0 Å². The van der Waals surface area contributed by atoms with E-state index in [-0.39, 0.29) is 12.6 Å². The van der Waals surface area contributed by atoms with E-state index in [1.807, 2.05) is 12.3 Å². The summed E-state index contributed by atoms with van der Waals surface area (Å²) in [6.45, 7) is 3.17. The lowest BCUT2D eigenvalue weighted by atomic mass is 10.2. The fourth-order valence-electron chi connectivity index (χ4n) is 0.886. The lowest BCUT2D eigenvalue weighted by Crippen LogP contribution is -2.18. The van der Waals surface area contributed by atoms with Crippen LogP contribution in [0.4, 0.5) is 0 Å². The summed E-state index contributed by atoms with van der Waals surface area (Å²) >= 11 is 0. The zero-order chi connectivity index (χ0) is 9.23. The van der Waals surface area contributed by atoms with E-state index < -0.39 is 0 Å². The van der Waals surface area contributed by atoms with E-state index in [2.05, 4.69) is 12.2 Å². The maximum absolute atomic E-state index is 8.47. The van der Waals surface area contributed by atoms with Crippen LogP contribution in [0.3, 0.4) is 0 Å². The van der Waals surface area contributed by atoms with E-state index in [9.17, 15) is 0 Å². The third-order valence-corrected chi connectivity index (χ3v) is 1.56. The molecule has 0 saturated heterocycles. The topological polar surface area (TPSA) is 58.3 Å². The number of aliphatic hydroxyl groups is 1. The van der Waals surface area contributed by atoms with Crippen molar-refractivity contribution in [2.24, 2.45) is 5.73 Å². The van der Waals surface area contributed by atoms with Gasteiger partial charge in [-0.05, 0) is 19.0 Å². The third-order valence-electron chi connectivity index (χ3n) is 1.56. The van der Waals surface area contributed by atoms with Crippen LogP contribution in [0.15, 0.2) is 12.3 Å². The Morgan fingerprint density at radius 2 is 2.33 bits per heavy atom. The first-order valence-electron chi connectivity index (χ1n) is 4.57. The summed E-state index contributed by atoms with van der Waals surface area (Å²) in [7, 11) is 0. The van der Waals surface area contributed by atoms with Crippen molar-refractivity contribution in [2.45, 2.75) is 32.2 Å². The molecule has 0 aromatic heterocycles. The van der Waals surface area contributed by atoms with Gasteiger partial charge in [-0.15, -0.1) is 0 Å². The van der Waals surface area contributed by atoms with Gasteiger partial charge in [-0.25, -0.2) is 0 Å². The standard InChI is InChI=1S/C9H20N2O/c1-2-4-9(10)5-7-11-6-3-8-12/h5,7,9,11-12H,2-4,6,8,10H2,1H3/b7-5-. The summed E-state index contributed by atoms with van der Waals surface area (Å²) in [5.74, 6) is 0. The van der Waals surface area contributed by atoms with Gasteiger partial charge in [-0.3, -0.25) is 0 Å². The van der Waals surface area contributed by atoms with Crippen molar-refractivity contribution in [1.29, 1.82) is 0 Å². The fourth-order valence-corrected chi connectivity index (χ4v) is 0.886. The average molecular weight is 172 g/mol. The molecule has 0 aliphatic heterocycles. The Hall–Kier alpha value is -0.540. The minimum Gasteiger partial charge on any atom is -0.396 e. The Labute approximate surface area is 74.7 Å². The maximum atomic E-state index is 8.47. The van der Waals surface area contributed by atoms with Gasteiger partial charge in [0.2, 0.25) is 0 Å². The molecular weight excluding hydrogens is 152 g/mol. The van der Waals surface area contributed by atoms with Gasteiger partial charge in [0.15, 0.2) is 0 Å². The van der Waals surface area contributed by atoms with Gasteiger partial charge in [-0.2, -0.15) is 0 Å². The Bertz CT molecular complexity index is 115. The number of rotatable bonds is 7. The molecule has 0 aromatic carbocycles. The summed E-state index contributed by atoms with van der Waals surface area (Å²) in [6, 6.07) is 0.164. The highest BCUT2D eigenvalue weighted by Crippen LogP contribution is 1.93. The normalized spacial score (nSPS) is 13.6. The van der Waals surface area contributed by atoms with Crippen molar-refractivity contribution in [3.05, 3.63) is 12.3 Å². The average Bonchev–Trinajstić information content (AvgIpc) is 2.05. The van der Waals surface area contributed by atoms with Crippen LogP contribution in [0.25, 0.3) is 0 Å². The molecule has 1 unspecified atom stereocenters. The predicted molar refractivity (Wildman–Crippen MR) is 51.7 cm³/mol. The van der Waals surface area contributed by atoms with E-state index in [4.69, 9.17) is 10.8 Å². The lowest BCUT2D eigenvalue weighted by molar-refractivity contribution is 0.288. The summed E-state index contributed by atoms with van der Waals surface area (Å²) < 4.78 is 0. The number of nitrogens with two attached hydrogens (primary N) is 1. The van der Waals surface area contributed by atoms with Crippen LogP contribution in [-0.4, -0.2) is 24.3 Å². The Balaban J connectivity index is 3.22. The molecule has 4 N–H and O–H groups in total. The molecule has 1 atom stereocenters. The second kappa shape index (κ2) is 8.56. The van der Waals surface area contributed by atoms with E-state index >= 15 is 0 Å². The van der Waals surface area contributed by atoms with Crippen LogP contribution < -0.4 is 11.1 Å². The van der Waals surface area contributed by atoms with Crippen LogP contribution in [-0.2, 0) is 0 Å². The first-order valence-corrected chi connectivity index (χ1v) is 4.57. The lowest BCUT2D eigenvalue weighted by Gasteiger charge is -2.03. The molecule has 0 aliphatic rings. The van der Waals surface area contributed by atoms with E-state index in [0.29, 0.717) is 0 Å². The molecule has 0 amide bonds. The van der Waals surface area contributed by atoms with Crippen molar-refractivity contribution in [3.63, 3.8) is 0 Å². The highest BCUT2D eigenvalue weighted by molar-refractivity contribution is 4.89. The highest BCUT2D eigenvalue weighted by atomic mass is 16.3. The van der Waals surface area contributed by atoms with Crippen LogP contribution in [0.2, 0.25) is 0 Å². The molecular formula is C9H20N2O. The molecule has 0 heterocycles. The smallest absolute Gasteiger partial charge is 0.0447 e. The minimum atomic E-state index is 0.164. The summed E-state index contributed by atoms with van der Waals surface area (Å²) in [5, 5.41) is 11.5. The Morgan fingerprint density at radius 3 is 2.92 bits per heavy atom. The van der Waals surface area contributed by atoms with Crippen molar-refractivity contribution in [2.75, 3.05) is 13.2 Å². The predicted octanol–water partition coefficient (Wildman–Crippen LogP) is 0.600. The van der Waals surface area contributed by atoms with Crippen LogP contribution >= 0.6 is 0 Å². The van der Waals surface area contributed by atoms with E-state index in [0.717, 1.165) is 25.8 Å². The minimum absolute atomic E-state index is 0.164. The van der Waals surface area contributed by atoms with Crippen LogP contribution in [0.1, 0.15) is 26.2 Å². The van der Waals surface area contributed by atoms with Crippen LogP contribution in [0.5, 0.6) is 0 Å². The van der Waals surface area contributed by atoms with Crippen molar-refractivity contribution in [1.82, 2.24) is 5.32 Å². The van der Waals surface area contributed by atoms with Gasteiger partial charge in [0.1, 0.15) is 0 Å². The van der Waals surface area contributed by atoms with Crippen molar-refractivity contribution in [3.8, 4) is 0 Å².